The van der Waals surface area contributed by atoms with Gasteiger partial charge in [-0.3, -0.25) is 9.59 Å². The van der Waals surface area contributed by atoms with E-state index in [0.717, 1.165) is 11.1 Å². The highest BCUT2D eigenvalue weighted by Gasteiger charge is 2.58. The molecule has 7 nitrogen and oxygen atoms in total. The summed E-state index contributed by atoms with van der Waals surface area (Å²) in [5.41, 5.74) is -0.597. The molecule has 2 saturated heterocycles. The third-order valence-corrected chi connectivity index (χ3v) is 9.92. The van der Waals surface area contributed by atoms with Crippen LogP contribution >= 0.6 is 11.6 Å². The van der Waals surface area contributed by atoms with E-state index < -0.39 is 72.0 Å². The molecular weight excluding hydrogens is 703 g/mol. The highest BCUT2D eigenvalue weighted by Crippen LogP contribution is 2.52. The standard InChI is InChI=1S/C36H31BClF6NO6/c1-50-18-22-12-27-32(34(48)45(33(27)47)25-14-23(35(39,40)41)13-24(15-25)36(42,43)44)28-17-37(49)51-30(31(22)28)10-8-20(19-5-3-2-4-6-19)11-21-7-9-26(46)16-29(21)38/h2-7,9,11,13-16,27-28,30,32,46,49H,8,10,12,17-18H2,1H3/b20-11-/t27-,28+,30-,32-/m1/s1. The number of methoxy groups -OCH3 is 1. The number of hydrogen-bond acceptors (Lipinski definition) is 6. The van der Waals surface area contributed by atoms with Crippen LogP contribution in [0.5, 0.6) is 5.75 Å². The van der Waals surface area contributed by atoms with E-state index >= 15 is 0 Å². The number of nitrogens with zero attached hydrogens (tertiary/aromatic N) is 1. The molecule has 0 aromatic heterocycles. The number of anilines is 1. The Balaban J connectivity index is 1.36. The third-order valence-electron chi connectivity index (χ3n) is 9.59. The summed E-state index contributed by atoms with van der Waals surface area (Å²) < 4.78 is 93.8. The van der Waals surface area contributed by atoms with Gasteiger partial charge in [-0.05, 0) is 102 Å². The Morgan fingerprint density at radius 3 is 2.25 bits per heavy atom. The molecule has 2 heterocycles. The van der Waals surface area contributed by atoms with Crippen molar-refractivity contribution in [3.05, 3.63) is 105 Å². The lowest BCUT2D eigenvalue weighted by Gasteiger charge is -2.43. The largest absolute Gasteiger partial charge is 0.508 e. The second-order valence-electron chi connectivity index (χ2n) is 12.8. The van der Waals surface area contributed by atoms with Crippen LogP contribution in [-0.4, -0.2) is 48.9 Å². The topological polar surface area (TPSA) is 96.3 Å². The number of halogens is 7. The number of rotatable bonds is 8. The Bertz CT molecular complexity index is 1870. The first kappa shape index (κ1) is 36.7. The second kappa shape index (κ2) is 14.1. The third kappa shape index (κ3) is 7.46. The molecule has 2 aliphatic heterocycles. The molecule has 1 aliphatic carbocycles. The number of carbonyl (C=O) groups is 2. The van der Waals surface area contributed by atoms with Crippen molar-refractivity contribution in [1.82, 2.24) is 0 Å². The summed E-state index contributed by atoms with van der Waals surface area (Å²) in [6.07, 6.45) is -8.83. The maximum Gasteiger partial charge on any atom is 0.455 e. The van der Waals surface area contributed by atoms with Crippen LogP contribution in [-0.2, 0) is 31.3 Å². The lowest BCUT2D eigenvalue weighted by molar-refractivity contribution is -0.143. The van der Waals surface area contributed by atoms with Crippen LogP contribution in [0, 0.1) is 17.8 Å². The first-order valence-electron chi connectivity index (χ1n) is 16.0. The molecule has 0 unspecified atom stereocenters. The number of carbonyl (C=O) groups excluding carboxylic acids is 2. The van der Waals surface area contributed by atoms with Crippen molar-refractivity contribution in [1.29, 1.82) is 0 Å². The number of phenolic OH excluding ortho intramolecular Hbond substituents is 1. The molecule has 2 fully saturated rings. The SMILES string of the molecule is COCC1=C2[C@@H](CC/C(=C/c3ccc(O)cc3Cl)c3ccccc3)OB(O)C[C@@H]2[C@@H]2C(=O)N(c3cc(C(F)(F)F)cc(C(F)(F)F)c3)C(=O)[C@@H]2C1. The van der Waals surface area contributed by atoms with E-state index in [2.05, 4.69) is 0 Å². The number of alkyl halides is 6. The Morgan fingerprint density at radius 1 is 0.980 bits per heavy atom. The van der Waals surface area contributed by atoms with E-state index in [9.17, 15) is 46.1 Å². The zero-order valence-corrected chi connectivity index (χ0v) is 27.7. The Kier molecular flexibility index (Phi) is 10.2. The Hall–Kier alpha value is -4.11. The van der Waals surface area contributed by atoms with Gasteiger partial charge in [0.15, 0.2) is 0 Å². The summed E-state index contributed by atoms with van der Waals surface area (Å²) in [4.78, 5) is 28.3. The monoisotopic (exact) mass is 733 g/mol. The van der Waals surface area contributed by atoms with E-state index in [4.69, 9.17) is 21.0 Å². The lowest BCUT2D eigenvalue weighted by Crippen LogP contribution is -2.46. The first-order valence-corrected chi connectivity index (χ1v) is 16.4. The van der Waals surface area contributed by atoms with Crippen molar-refractivity contribution in [3.8, 4) is 5.75 Å². The van der Waals surface area contributed by atoms with Gasteiger partial charge in [-0.15, -0.1) is 0 Å². The highest BCUT2D eigenvalue weighted by atomic mass is 35.5. The molecular formula is C36H31BClF6NO6. The van der Waals surface area contributed by atoms with Crippen LogP contribution in [0.4, 0.5) is 32.0 Å². The van der Waals surface area contributed by atoms with Gasteiger partial charge in [-0.25, -0.2) is 4.90 Å². The summed E-state index contributed by atoms with van der Waals surface area (Å²) in [6, 6.07) is 14.6. The van der Waals surface area contributed by atoms with E-state index in [-0.39, 0.29) is 37.6 Å². The molecule has 15 heteroatoms. The average molecular weight is 734 g/mol. The van der Waals surface area contributed by atoms with E-state index in [1.54, 1.807) is 6.07 Å². The lowest BCUT2D eigenvalue weighted by atomic mass is 9.58. The second-order valence-corrected chi connectivity index (χ2v) is 13.2. The minimum Gasteiger partial charge on any atom is -0.508 e. The predicted molar refractivity (Wildman–Crippen MR) is 177 cm³/mol. The van der Waals surface area contributed by atoms with Gasteiger partial charge in [-0.1, -0.05) is 41.9 Å². The molecule has 6 rings (SSSR count). The maximum absolute atomic E-state index is 14.0. The fourth-order valence-electron chi connectivity index (χ4n) is 7.45. The summed E-state index contributed by atoms with van der Waals surface area (Å²) in [6.45, 7) is 0.0127. The number of imide groups is 1. The summed E-state index contributed by atoms with van der Waals surface area (Å²) in [5.74, 6) is -4.97. The van der Waals surface area contributed by atoms with E-state index in [1.165, 1.54) is 19.2 Å². The average Bonchev–Trinajstić information content (AvgIpc) is 3.32. The van der Waals surface area contributed by atoms with Crippen molar-refractivity contribution >= 4 is 47.9 Å². The van der Waals surface area contributed by atoms with Crippen molar-refractivity contribution in [3.63, 3.8) is 0 Å². The molecule has 51 heavy (non-hydrogen) atoms. The van der Waals surface area contributed by atoms with Crippen LogP contribution in [0.2, 0.25) is 11.3 Å². The highest BCUT2D eigenvalue weighted by molar-refractivity contribution is 6.43. The van der Waals surface area contributed by atoms with Crippen molar-refractivity contribution in [2.24, 2.45) is 17.8 Å². The van der Waals surface area contributed by atoms with Crippen molar-refractivity contribution in [2.45, 2.75) is 44.0 Å². The molecule has 268 valence electrons. The summed E-state index contributed by atoms with van der Waals surface area (Å²) in [5, 5.41) is 21.1. The van der Waals surface area contributed by atoms with Crippen molar-refractivity contribution in [2.75, 3.05) is 18.6 Å². The number of hydrogen-bond donors (Lipinski definition) is 2. The molecule has 0 radical (unpaired) electrons. The molecule has 2 amide bonds. The van der Waals surface area contributed by atoms with Gasteiger partial charge in [0.25, 0.3) is 0 Å². The van der Waals surface area contributed by atoms with Crippen molar-refractivity contribution < 1.29 is 55.5 Å². The van der Waals surface area contributed by atoms with Crippen LogP contribution in [0.25, 0.3) is 11.6 Å². The Labute approximate surface area is 294 Å². The molecule has 3 aromatic rings. The maximum atomic E-state index is 14.0. The van der Waals surface area contributed by atoms with Gasteiger partial charge in [0.05, 0.1) is 46.4 Å². The molecule has 3 aromatic carbocycles. The molecule has 3 aliphatic rings. The van der Waals surface area contributed by atoms with Gasteiger partial charge in [0.2, 0.25) is 11.8 Å². The molecule has 4 atom stereocenters. The fraction of sp³-hybridized carbons (Fsp3) is 0.333. The number of ether oxygens (including phenoxy) is 1. The number of fused-ring (bicyclic) bond motifs is 3. The van der Waals surface area contributed by atoms with E-state index in [0.29, 0.717) is 45.2 Å². The van der Waals surface area contributed by atoms with Gasteiger partial charge >= 0.3 is 19.5 Å². The number of benzene rings is 3. The van der Waals surface area contributed by atoms with E-state index in [1.807, 2.05) is 36.4 Å². The minimum atomic E-state index is -5.19. The van der Waals surface area contributed by atoms with Gasteiger partial charge in [0, 0.05) is 7.11 Å². The normalized spacial score (nSPS) is 22.8. The first-order chi connectivity index (χ1) is 24.1. The summed E-state index contributed by atoms with van der Waals surface area (Å²) >= 11 is 6.41. The number of aromatic hydroxyl groups is 1. The van der Waals surface area contributed by atoms with Crippen LogP contribution < -0.4 is 4.90 Å². The number of allylic oxidation sites excluding steroid dienone is 1. The zero-order valence-electron chi connectivity index (χ0n) is 27.0. The quantitative estimate of drug-likeness (QED) is 0.0800. The molecule has 0 saturated carbocycles. The van der Waals surface area contributed by atoms with Gasteiger partial charge in [0.1, 0.15) is 5.75 Å². The minimum absolute atomic E-state index is 0.00499. The Morgan fingerprint density at radius 2 is 1.65 bits per heavy atom. The molecule has 0 bridgehead atoms. The predicted octanol–water partition coefficient (Wildman–Crippen LogP) is 8.05. The fourth-order valence-corrected chi connectivity index (χ4v) is 7.68. The van der Waals surface area contributed by atoms with Crippen LogP contribution in [0.1, 0.15) is 41.5 Å². The smallest absolute Gasteiger partial charge is 0.455 e. The number of phenols is 1. The van der Waals surface area contributed by atoms with Gasteiger partial charge < -0.3 is 19.5 Å². The zero-order chi connectivity index (χ0) is 36.8. The summed E-state index contributed by atoms with van der Waals surface area (Å²) in [7, 11) is 0.0408. The molecule has 2 N–H and O–H groups in total. The number of amides is 2. The van der Waals surface area contributed by atoms with Crippen LogP contribution in [0.15, 0.2) is 77.9 Å². The van der Waals surface area contributed by atoms with Crippen LogP contribution in [0.3, 0.4) is 0 Å². The molecule has 0 spiro atoms. The van der Waals surface area contributed by atoms with Gasteiger partial charge in [-0.2, -0.15) is 26.3 Å².